The Balaban J connectivity index is 1.54. The molecule has 2 aliphatic heterocycles. The Bertz CT molecular complexity index is 547. The fraction of sp³-hybridized carbons (Fsp3) is 0.750. The van der Waals surface area contributed by atoms with Crippen LogP contribution in [0.25, 0.3) is 0 Å². The number of piperidine rings is 1. The lowest BCUT2D eigenvalue weighted by molar-refractivity contribution is -0.130. The maximum absolute atomic E-state index is 12.4. The van der Waals surface area contributed by atoms with Gasteiger partial charge in [-0.05, 0) is 38.6 Å². The Morgan fingerprint density at radius 2 is 2.17 bits per heavy atom. The molecule has 0 saturated carbocycles. The van der Waals surface area contributed by atoms with Gasteiger partial charge in [0.15, 0.2) is 0 Å². The molecule has 8 nitrogen and oxygen atoms in total. The molecule has 2 unspecified atom stereocenters. The molecule has 2 saturated heterocycles. The smallest absolute Gasteiger partial charge is 0.242 e. The number of hydrogen-bond acceptors (Lipinski definition) is 5. The van der Waals surface area contributed by atoms with E-state index in [1.54, 1.807) is 6.33 Å². The van der Waals surface area contributed by atoms with E-state index in [0.29, 0.717) is 13.1 Å². The van der Waals surface area contributed by atoms with Crippen LogP contribution in [0.2, 0.25) is 0 Å². The van der Waals surface area contributed by atoms with Gasteiger partial charge in [0.25, 0.3) is 0 Å². The summed E-state index contributed by atoms with van der Waals surface area (Å²) in [7, 11) is 0. The number of carbonyl (C=O) groups is 2. The summed E-state index contributed by atoms with van der Waals surface area (Å²) in [6.45, 7) is 2.70. The quantitative estimate of drug-likeness (QED) is 0.786. The molecular formula is C16H26N6O2. The predicted octanol–water partition coefficient (Wildman–Crippen LogP) is -0.0825. The lowest BCUT2D eigenvalue weighted by Gasteiger charge is -2.35. The summed E-state index contributed by atoms with van der Waals surface area (Å²) >= 11 is 0. The van der Waals surface area contributed by atoms with Crippen molar-refractivity contribution in [3.8, 4) is 0 Å². The van der Waals surface area contributed by atoms with Crippen molar-refractivity contribution in [2.75, 3.05) is 19.6 Å². The molecule has 3 heterocycles. The molecule has 1 aromatic heterocycles. The molecule has 0 bridgehead atoms. The zero-order valence-corrected chi connectivity index (χ0v) is 14.0. The van der Waals surface area contributed by atoms with Gasteiger partial charge in [0.1, 0.15) is 18.7 Å². The fourth-order valence-corrected chi connectivity index (χ4v) is 3.52. The van der Waals surface area contributed by atoms with Gasteiger partial charge < -0.3 is 10.6 Å². The highest BCUT2D eigenvalue weighted by Gasteiger charge is 2.27. The van der Waals surface area contributed by atoms with Gasteiger partial charge in [-0.1, -0.05) is 6.42 Å². The second-order valence-corrected chi connectivity index (χ2v) is 6.64. The molecule has 0 aromatic carbocycles. The van der Waals surface area contributed by atoms with Crippen LogP contribution in [0.3, 0.4) is 0 Å². The molecule has 0 aliphatic carbocycles. The first-order valence-corrected chi connectivity index (χ1v) is 8.86. The lowest BCUT2D eigenvalue weighted by atomic mass is 10.0. The first-order chi connectivity index (χ1) is 11.7. The molecule has 0 radical (unpaired) electrons. The van der Waals surface area contributed by atoms with E-state index < -0.39 is 6.04 Å². The van der Waals surface area contributed by atoms with Crippen molar-refractivity contribution < 1.29 is 9.59 Å². The molecule has 1 aromatic rings. The minimum Gasteiger partial charge on any atom is -0.354 e. The number of hydrogen-bond donors (Lipinski definition) is 2. The van der Waals surface area contributed by atoms with Crippen LogP contribution in [0, 0.1) is 0 Å². The largest absolute Gasteiger partial charge is 0.354 e. The maximum atomic E-state index is 12.4. The van der Waals surface area contributed by atoms with Crippen molar-refractivity contribution >= 4 is 11.8 Å². The molecule has 132 valence electrons. The van der Waals surface area contributed by atoms with E-state index in [9.17, 15) is 9.59 Å². The zero-order chi connectivity index (χ0) is 16.8. The summed E-state index contributed by atoms with van der Waals surface area (Å²) in [5.74, 6) is -0.124. The van der Waals surface area contributed by atoms with E-state index in [1.807, 2.05) is 4.68 Å². The monoisotopic (exact) mass is 334 g/mol. The van der Waals surface area contributed by atoms with E-state index in [2.05, 4.69) is 25.6 Å². The van der Waals surface area contributed by atoms with Crippen molar-refractivity contribution in [3.05, 3.63) is 12.7 Å². The molecule has 2 aliphatic rings. The van der Waals surface area contributed by atoms with Gasteiger partial charge in [-0.25, -0.2) is 4.98 Å². The van der Waals surface area contributed by atoms with Crippen LogP contribution in [0.4, 0.5) is 0 Å². The van der Waals surface area contributed by atoms with Gasteiger partial charge in [-0.3, -0.25) is 19.2 Å². The number of amides is 2. The summed E-state index contributed by atoms with van der Waals surface area (Å²) in [6, 6.07) is -0.104. The Morgan fingerprint density at radius 3 is 3.00 bits per heavy atom. The second-order valence-electron chi connectivity index (χ2n) is 6.64. The SMILES string of the molecule is O=C(CN1CCCCC1Cn1cncn1)NC1CCCCNC1=O. The van der Waals surface area contributed by atoms with E-state index in [1.165, 1.54) is 12.7 Å². The molecule has 8 heteroatoms. The molecule has 2 N–H and O–H groups in total. The summed E-state index contributed by atoms with van der Waals surface area (Å²) in [5.41, 5.74) is 0. The number of nitrogens with zero attached hydrogens (tertiary/aromatic N) is 4. The normalized spacial score (nSPS) is 25.8. The molecule has 0 spiro atoms. The van der Waals surface area contributed by atoms with Gasteiger partial charge in [0.05, 0.1) is 13.1 Å². The number of carbonyl (C=O) groups excluding carboxylic acids is 2. The van der Waals surface area contributed by atoms with Crippen molar-refractivity contribution in [2.24, 2.45) is 0 Å². The number of aromatic nitrogens is 3. The minimum atomic E-state index is -0.390. The molecule has 2 atom stereocenters. The molecule has 2 amide bonds. The van der Waals surface area contributed by atoms with E-state index in [4.69, 9.17) is 0 Å². The van der Waals surface area contributed by atoms with Crippen molar-refractivity contribution in [3.63, 3.8) is 0 Å². The molecule has 3 rings (SSSR count). The first-order valence-electron chi connectivity index (χ1n) is 8.86. The highest BCUT2D eigenvalue weighted by atomic mass is 16.2. The topological polar surface area (TPSA) is 92.2 Å². The van der Waals surface area contributed by atoms with Gasteiger partial charge in [-0.15, -0.1) is 0 Å². The summed E-state index contributed by atoms with van der Waals surface area (Å²) in [6.07, 6.45) is 9.23. The molecular weight excluding hydrogens is 308 g/mol. The van der Waals surface area contributed by atoms with Crippen LogP contribution in [0.1, 0.15) is 38.5 Å². The van der Waals surface area contributed by atoms with Crippen LogP contribution in [-0.4, -0.2) is 63.2 Å². The van der Waals surface area contributed by atoms with E-state index >= 15 is 0 Å². The number of likely N-dealkylation sites (tertiary alicyclic amines) is 1. The predicted molar refractivity (Wildman–Crippen MR) is 88.0 cm³/mol. The highest BCUT2D eigenvalue weighted by Crippen LogP contribution is 2.18. The Kier molecular flexibility index (Phi) is 5.79. The Labute approximate surface area is 142 Å². The van der Waals surface area contributed by atoms with Gasteiger partial charge >= 0.3 is 0 Å². The third-order valence-corrected chi connectivity index (χ3v) is 4.83. The van der Waals surface area contributed by atoms with Crippen molar-refractivity contribution in [1.29, 1.82) is 0 Å². The van der Waals surface area contributed by atoms with Crippen LogP contribution < -0.4 is 10.6 Å². The third kappa shape index (κ3) is 4.53. The summed E-state index contributed by atoms with van der Waals surface area (Å²) in [4.78, 5) is 30.6. The fourth-order valence-electron chi connectivity index (χ4n) is 3.52. The van der Waals surface area contributed by atoms with Gasteiger partial charge in [0.2, 0.25) is 11.8 Å². The second kappa shape index (κ2) is 8.23. The third-order valence-electron chi connectivity index (χ3n) is 4.83. The van der Waals surface area contributed by atoms with E-state index in [0.717, 1.165) is 45.2 Å². The number of nitrogens with one attached hydrogen (secondary N) is 2. The lowest BCUT2D eigenvalue weighted by Crippen LogP contribution is -2.51. The van der Waals surface area contributed by atoms with Gasteiger partial charge in [-0.2, -0.15) is 5.10 Å². The standard InChI is InChI=1S/C16H26N6O2/c23-15(20-14-6-1-3-7-18-16(14)24)10-21-8-4-2-5-13(21)9-22-12-17-11-19-22/h11-14H,1-10H2,(H,18,24)(H,20,23). The summed E-state index contributed by atoms with van der Waals surface area (Å²) < 4.78 is 1.82. The van der Waals surface area contributed by atoms with E-state index in [-0.39, 0.29) is 17.9 Å². The number of rotatable bonds is 5. The van der Waals surface area contributed by atoms with Gasteiger partial charge in [0, 0.05) is 12.6 Å². The van der Waals surface area contributed by atoms with Crippen molar-refractivity contribution in [1.82, 2.24) is 30.3 Å². The average molecular weight is 334 g/mol. The maximum Gasteiger partial charge on any atom is 0.242 e. The Morgan fingerprint density at radius 1 is 1.29 bits per heavy atom. The van der Waals surface area contributed by atoms with Crippen LogP contribution in [-0.2, 0) is 16.1 Å². The minimum absolute atomic E-state index is 0.0568. The Hall–Kier alpha value is -1.96. The summed E-state index contributed by atoms with van der Waals surface area (Å²) in [5, 5.41) is 9.93. The molecule has 2 fully saturated rings. The van der Waals surface area contributed by atoms with Crippen molar-refractivity contribution in [2.45, 2.75) is 57.2 Å². The van der Waals surface area contributed by atoms with Crippen LogP contribution in [0.15, 0.2) is 12.7 Å². The zero-order valence-electron chi connectivity index (χ0n) is 14.0. The molecule has 24 heavy (non-hydrogen) atoms. The van der Waals surface area contributed by atoms with Crippen LogP contribution in [0.5, 0.6) is 0 Å². The highest BCUT2D eigenvalue weighted by molar-refractivity contribution is 5.88. The first kappa shape index (κ1) is 16.9. The average Bonchev–Trinajstić information content (AvgIpc) is 3.00. The van der Waals surface area contributed by atoms with Crippen LogP contribution >= 0.6 is 0 Å².